The van der Waals surface area contributed by atoms with Crippen molar-refractivity contribution in [2.75, 3.05) is 6.61 Å². The van der Waals surface area contributed by atoms with E-state index in [4.69, 9.17) is 39.5 Å². The van der Waals surface area contributed by atoms with Crippen LogP contribution in [-0.4, -0.2) is 21.7 Å². The van der Waals surface area contributed by atoms with Gasteiger partial charge in [-0.3, -0.25) is 4.98 Å². The van der Waals surface area contributed by atoms with Crippen molar-refractivity contribution in [1.82, 2.24) is 9.97 Å². The maximum Gasteiger partial charge on any atom is 0.146 e. The van der Waals surface area contributed by atoms with Crippen molar-refractivity contribution in [3.8, 4) is 5.75 Å². The van der Waals surface area contributed by atoms with Crippen LogP contribution in [0, 0.1) is 0 Å². The van der Waals surface area contributed by atoms with Crippen LogP contribution in [0.5, 0.6) is 5.75 Å². The quantitative estimate of drug-likeness (QED) is 0.423. The van der Waals surface area contributed by atoms with Crippen LogP contribution in [0.1, 0.15) is 43.7 Å². The summed E-state index contributed by atoms with van der Waals surface area (Å²) in [6, 6.07) is 3.43. The average Bonchev–Trinajstić information content (AvgIpc) is 3.09. The number of aromatic nitrogens is 2. The number of hydrogen-bond acceptors (Lipinski definition) is 5. The van der Waals surface area contributed by atoms with Crippen molar-refractivity contribution in [2.24, 2.45) is 0 Å². The minimum atomic E-state index is -1.35. The third kappa shape index (κ3) is 3.89. The number of halogens is 3. The zero-order valence-electron chi connectivity index (χ0n) is 14.9. The Bertz CT molecular complexity index is 964. The van der Waals surface area contributed by atoms with E-state index in [9.17, 15) is 5.11 Å². The summed E-state index contributed by atoms with van der Waals surface area (Å²) in [5, 5.41) is 13.2. The highest BCUT2D eigenvalue weighted by Gasteiger charge is 2.37. The van der Waals surface area contributed by atoms with Gasteiger partial charge in [0.05, 0.1) is 37.5 Å². The molecule has 0 saturated heterocycles. The maximum absolute atomic E-state index is 11.7. The Morgan fingerprint density at radius 3 is 2.67 bits per heavy atom. The van der Waals surface area contributed by atoms with E-state index in [0.29, 0.717) is 49.6 Å². The minimum absolute atomic E-state index is 0.286. The van der Waals surface area contributed by atoms with Crippen molar-refractivity contribution in [3.05, 3.63) is 50.2 Å². The highest BCUT2D eigenvalue weighted by molar-refractivity contribution is 7.19. The topological polar surface area (TPSA) is 55.2 Å². The standard InChI is InChI=1S/C19H19Cl3N2O2S/c1-3-6-19(25,11-10-23-7-5-14(11)26-8-4-2)18-24-13-9-12(20)15(21)16(22)17(13)27-18/h5,7,9-10,25H,3-4,6,8H2,1-2H3. The van der Waals surface area contributed by atoms with Gasteiger partial charge in [-0.15, -0.1) is 11.3 Å². The third-order valence-electron chi connectivity index (χ3n) is 4.17. The van der Waals surface area contributed by atoms with Crippen LogP contribution >= 0.6 is 46.1 Å². The summed E-state index contributed by atoms with van der Waals surface area (Å²) in [4.78, 5) is 8.82. The summed E-state index contributed by atoms with van der Waals surface area (Å²) in [7, 11) is 0. The molecule has 0 spiro atoms. The van der Waals surface area contributed by atoms with E-state index in [0.717, 1.165) is 12.8 Å². The predicted octanol–water partition coefficient (Wildman–Crippen LogP) is 6.48. The molecule has 3 rings (SSSR count). The van der Waals surface area contributed by atoms with Crippen LogP contribution in [0.3, 0.4) is 0 Å². The summed E-state index contributed by atoms with van der Waals surface area (Å²) < 4.78 is 6.54. The molecule has 3 aromatic rings. The molecule has 144 valence electrons. The molecule has 0 amide bonds. The molecule has 27 heavy (non-hydrogen) atoms. The SMILES string of the molecule is CCCOc1ccncc1C(O)(CCC)c1nc2cc(Cl)c(Cl)c(Cl)c2s1. The Balaban J connectivity index is 2.18. The van der Waals surface area contributed by atoms with Crippen molar-refractivity contribution >= 4 is 56.4 Å². The lowest BCUT2D eigenvalue weighted by molar-refractivity contribution is 0.0661. The molecular weight excluding hydrogens is 427 g/mol. The molecule has 0 aliphatic rings. The summed E-state index contributed by atoms with van der Waals surface area (Å²) in [5.74, 6) is 0.601. The van der Waals surface area contributed by atoms with E-state index >= 15 is 0 Å². The smallest absolute Gasteiger partial charge is 0.146 e. The Morgan fingerprint density at radius 2 is 1.96 bits per heavy atom. The number of fused-ring (bicyclic) bond motifs is 1. The van der Waals surface area contributed by atoms with Gasteiger partial charge in [0.1, 0.15) is 16.4 Å². The number of rotatable bonds is 7. The molecule has 0 aliphatic heterocycles. The Morgan fingerprint density at radius 1 is 1.19 bits per heavy atom. The first-order valence-corrected chi connectivity index (χ1v) is 10.6. The Labute approximate surface area is 177 Å². The number of ether oxygens (including phenoxy) is 1. The molecule has 8 heteroatoms. The second-order valence-corrected chi connectivity index (χ2v) is 8.35. The fourth-order valence-electron chi connectivity index (χ4n) is 2.90. The molecule has 1 unspecified atom stereocenters. The second kappa shape index (κ2) is 8.50. The first-order chi connectivity index (χ1) is 12.9. The van der Waals surface area contributed by atoms with Crippen molar-refractivity contribution in [3.63, 3.8) is 0 Å². The molecule has 1 aromatic carbocycles. The van der Waals surface area contributed by atoms with Gasteiger partial charge < -0.3 is 9.84 Å². The van der Waals surface area contributed by atoms with E-state index < -0.39 is 5.60 Å². The summed E-state index contributed by atoms with van der Waals surface area (Å²) in [5.41, 5.74) is -0.158. The van der Waals surface area contributed by atoms with E-state index in [1.807, 2.05) is 13.8 Å². The normalized spacial score (nSPS) is 13.7. The predicted molar refractivity (Wildman–Crippen MR) is 113 cm³/mol. The maximum atomic E-state index is 11.7. The van der Waals surface area contributed by atoms with E-state index in [1.165, 1.54) is 11.3 Å². The van der Waals surface area contributed by atoms with Crippen LogP contribution in [0.4, 0.5) is 0 Å². The Kier molecular flexibility index (Phi) is 6.49. The van der Waals surface area contributed by atoms with Crippen molar-refractivity contribution in [1.29, 1.82) is 0 Å². The molecule has 0 aliphatic carbocycles. The van der Waals surface area contributed by atoms with Crippen molar-refractivity contribution in [2.45, 2.75) is 38.7 Å². The van der Waals surface area contributed by atoms with Crippen LogP contribution in [-0.2, 0) is 5.60 Å². The molecule has 1 N–H and O–H groups in total. The largest absolute Gasteiger partial charge is 0.493 e. The van der Waals surface area contributed by atoms with E-state index in [2.05, 4.69) is 9.97 Å². The highest BCUT2D eigenvalue weighted by Crippen LogP contribution is 2.45. The molecular formula is C19H19Cl3N2O2S. The Hall–Kier alpha value is -1.11. The van der Waals surface area contributed by atoms with Crippen LogP contribution in [0.15, 0.2) is 24.5 Å². The average molecular weight is 446 g/mol. The van der Waals surface area contributed by atoms with Gasteiger partial charge in [-0.2, -0.15) is 0 Å². The molecule has 1 atom stereocenters. The zero-order chi connectivity index (χ0) is 19.6. The molecule has 0 radical (unpaired) electrons. The fourth-order valence-corrected chi connectivity index (χ4v) is 4.79. The lowest BCUT2D eigenvalue weighted by Crippen LogP contribution is -2.28. The van der Waals surface area contributed by atoms with Gasteiger partial charge >= 0.3 is 0 Å². The molecule has 0 saturated carbocycles. The summed E-state index contributed by atoms with van der Waals surface area (Å²) in [6.45, 7) is 4.58. The van der Waals surface area contributed by atoms with Gasteiger partial charge in [0.25, 0.3) is 0 Å². The van der Waals surface area contributed by atoms with Gasteiger partial charge in [0.15, 0.2) is 0 Å². The molecule has 2 heterocycles. The monoisotopic (exact) mass is 444 g/mol. The van der Waals surface area contributed by atoms with Gasteiger partial charge in [0.2, 0.25) is 0 Å². The molecule has 0 bridgehead atoms. The van der Waals surface area contributed by atoms with E-state index in [-0.39, 0.29) is 5.02 Å². The number of hydrogen-bond donors (Lipinski definition) is 1. The number of aliphatic hydroxyl groups is 1. The van der Waals surface area contributed by atoms with Crippen LogP contribution < -0.4 is 4.74 Å². The lowest BCUT2D eigenvalue weighted by Gasteiger charge is -2.27. The van der Waals surface area contributed by atoms with Gasteiger partial charge in [-0.25, -0.2) is 4.98 Å². The van der Waals surface area contributed by atoms with Gasteiger partial charge in [-0.1, -0.05) is 55.1 Å². The highest BCUT2D eigenvalue weighted by atomic mass is 35.5. The summed E-state index contributed by atoms with van der Waals surface area (Å²) in [6.07, 6.45) is 5.34. The van der Waals surface area contributed by atoms with Crippen LogP contribution in [0.2, 0.25) is 15.1 Å². The third-order valence-corrected chi connectivity index (χ3v) is 6.79. The second-order valence-electron chi connectivity index (χ2n) is 6.18. The first-order valence-electron chi connectivity index (χ1n) is 8.66. The number of pyridine rings is 1. The fraction of sp³-hybridized carbons (Fsp3) is 0.368. The molecule has 0 fully saturated rings. The number of nitrogens with zero attached hydrogens (tertiary/aromatic N) is 2. The molecule has 4 nitrogen and oxygen atoms in total. The first kappa shape index (κ1) is 20.6. The summed E-state index contributed by atoms with van der Waals surface area (Å²) >= 11 is 20.0. The minimum Gasteiger partial charge on any atom is -0.493 e. The lowest BCUT2D eigenvalue weighted by atomic mass is 9.90. The van der Waals surface area contributed by atoms with Crippen LogP contribution in [0.25, 0.3) is 10.2 Å². The van der Waals surface area contributed by atoms with Gasteiger partial charge in [0, 0.05) is 12.4 Å². The van der Waals surface area contributed by atoms with Crippen molar-refractivity contribution < 1.29 is 9.84 Å². The van der Waals surface area contributed by atoms with E-state index in [1.54, 1.807) is 24.5 Å². The molecule has 2 aromatic heterocycles. The zero-order valence-corrected chi connectivity index (χ0v) is 18.0. The number of thiazole rings is 1. The van der Waals surface area contributed by atoms with Gasteiger partial charge in [-0.05, 0) is 25.0 Å². The number of benzene rings is 1.